The van der Waals surface area contributed by atoms with Crippen molar-refractivity contribution in [1.29, 1.82) is 0 Å². The number of carbonyl (C=O) groups is 3. The largest absolute Gasteiger partial charge is 0.497 e. The Morgan fingerprint density at radius 2 is 1.63 bits per heavy atom. The summed E-state index contributed by atoms with van der Waals surface area (Å²) in [6.07, 6.45) is 1.10. The Hall–Kier alpha value is -4.65. The highest BCUT2D eigenvalue weighted by Gasteiger charge is 2.36. The van der Waals surface area contributed by atoms with Gasteiger partial charge >= 0.3 is 0 Å². The van der Waals surface area contributed by atoms with Crippen LogP contribution in [0, 0.1) is 0 Å². The molecule has 0 aromatic heterocycles. The Kier molecular flexibility index (Phi) is 8.34. The zero-order chi connectivity index (χ0) is 28.9. The molecule has 41 heavy (non-hydrogen) atoms. The second kappa shape index (κ2) is 12.3. The van der Waals surface area contributed by atoms with Gasteiger partial charge in [-0.25, -0.2) is 0 Å². The first-order valence-corrected chi connectivity index (χ1v) is 14.0. The zero-order valence-electron chi connectivity index (χ0n) is 23.7. The van der Waals surface area contributed by atoms with Crippen LogP contribution < -0.4 is 15.0 Å². The first kappa shape index (κ1) is 27.9. The van der Waals surface area contributed by atoms with Gasteiger partial charge in [0.25, 0.3) is 5.91 Å². The van der Waals surface area contributed by atoms with Crippen molar-refractivity contribution >= 4 is 34.2 Å². The van der Waals surface area contributed by atoms with Crippen molar-refractivity contribution < 1.29 is 19.1 Å². The highest BCUT2D eigenvalue weighted by Crippen LogP contribution is 2.37. The molecule has 1 aliphatic rings. The van der Waals surface area contributed by atoms with Crippen LogP contribution in [0.2, 0.25) is 0 Å². The molecular formula is C34H35N3O4. The number of rotatable bonds is 11. The van der Waals surface area contributed by atoms with Crippen LogP contribution in [-0.4, -0.2) is 48.4 Å². The van der Waals surface area contributed by atoms with Crippen molar-refractivity contribution in [3.05, 3.63) is 108 Å². The molecule has 0 saturated heterocycles. The topological polar surface area (TPSA) is 79.0 Å². The minimum absolute atomic E-state index is 0.0539. The number of methoxy groups -OCH3 is 1. The maximum atomic E-state index is 14.3. The van der Waals surface area contributed by atoms with Crippen molar-refractivity contribution in [3.8, 4) is 5.75 Å². The van der Waals surface area contributed by atoms with Crippen molar-refractivity contribution in [3.63, 3.8) is 0 Å². The number of amides is 3. The van der Waals surface area contributed by atoms with E-state index in [-0.39, 0.29) is 36.9 Å². The molecule has 0 fully saturated rings. The average molecular weight is 550 g/mol. The third kappa shape index (κ3) is 5.94. The van der Waals surface area contributed by atoms with Gasteiger partial charge in [-0.05, 0) is 54.1 Å². The number of ether oxygens (including phenoxy) is 1. The molecule has 7 nitrogen and oxygen atoms in total. The Labute approximate surface area is 240 Å². The molecule has 210 valence electrons. The van der Waals surface area contributed by atoms with Crippen LogP contribution in [0.15, 0.2) is 91.0 Å². The number of hydrogen-bond donors (Lipinski definition) is 1. The highest BCUT2D eigenvalue weighted by atomic mass is 16.5. The molecule has 1 heterocycles. The number of benzene rings is 4. The van der Waals surface area contributed by atoms with E-state index in [1.54, 1.807) is 18.1 Å². The predicted molar refractivity (Wildman–Crippen MR) is 161 cm³/mol. The third-order valence-corrected chi connectivity index (χ3v) is 7.70. The summed E-state index contributed by atoms with van der Waals surface area (Å²) in [4.78, 5) is 44.7. The number of hydrogen-bond acceptors (Lipinski definition) is 4. The smallest absolute Gasteiger partial charge is 0.259 e. The Morgan fingerprint density at radius 3 is 2.37 bits per heavy atom. The average Bonchev–Trinajstić information content (AvgIpc) is 3.27. The van der Waals surface area contributed by atoms with Crippen LogP contribution in [0.4, 0.5) is 5.69 Å². The Bertz CT molecular complexity index is 1560. The molecule has 0 spiro atoms. The lowest BCUT2D eigenvalue weighted by Crippen LogP contribution is -2.54. The second-order valence-corrected chi connectivity index (χ2v) is 10.5. The summed E-state index contributed by atoms with van der Waals surface area (Å²) in [5.41, 5.74) is 3.06. The number of carbonyl (C=O) groups excluding carboxylic acids is 3. The summed E-state index contributed by atoms with van der Waals surface area (Å²) >= 11 is 0. The fourth-order valence-electron chi connectivity index (χ4n) is 5.32. The van der Waals surface area contributed by atoms with Gasteiger partial charge in [-0.1, -0.05) is 73.7 Å². The molecule has 0 aliphatic carbocycles. The van der Waals surface area contributed by atoms with Gasteiger partial charge in [0.1, 0.15) is 18.3 Å². The van der Waals surface area contributed by atoms with E-state index in [4.69, 9.17) is 4.74 Å². The van der Waals surface area contributed by atoms with Crippen molar-refractivity contribution in [1.82, 2.24) is 10.2 Å². The first-order valence-electron chi connectivity index (χ1n) is 14.0. The molecule has 0 bridgehead atoms. The molecule has 0 radical (unpaired) electrons. The van der Waals surface area contributed by atoms with E-state index in [1.165, 1.54) is 4.90 Å². The maximum Gasteiger partial charge on any atom is 0.259 e. The molecule has 0 unspecified atom stereocenters. The standard InChI is InChI=1S/C34H35N3O4/c1-4-23(2)35-33(39)30(20-24-11-6-5-7-12-24)36(21-25-13-8-16-27(19-25)41-3)31(38)22-37-29-18-10-15-26-14-9-17-28(32(26)29)34(37)40/h5-19,23,30H,4,20-22H2,1-3H3,(H,35,39)/t23-,30-/m1/s1. The summed E-state index contributed by atoms with van der Waals surface area (Å²) in [6, 6.07) is 27.7. The minimum atomic E-state index is -0.791. The fraction of sp³-hybridized carbons (Fsp3) is 0.265. The van der Waals surface area contributed by atoms with Gasteiger partial charge in [-0.15, -0.1) is 0 Å². The van der Waals surface area contributed by atoms with Gasteiger partial charge in [0.2, 0.25) is 11.8 Å². The van der Waals surface area contributed by atoms with Gasteiger partial charge in [0.15, 0.2) is 0 Å². The second-order valence-electron chi connectivity index (χ2n) is 10.5. The Morgan fingerprint density at radius 1 is 0.927 bits per heavy atom. The van der Waals surface area contributed by atoms with E-state index >= 15 is 0 Å². The van der Waals surface area contributed by atoms with E-state index in [1.807, 2.05) is 98.8 Å². The summed E-state index contributed by atoms with van der Waals surface area (Å²) in [5, 5.41) is 4.89. The van der Waals surface area contributed by atoms with E-state index < -0.39 is 6.04 Å². The minimum Gasteiger partial charge on any atom is -0.497 e. The van der Waals surface area contributed by atoms with Crippen molar-refractivity contribution in [2.24, 2.45) is 0 Å². The first-order chi connectivity index (χ1) is 19.9. The SMILES string of the molecule is CC[C@@H](C)NC(=O)[C@@H](Cc1ccccc1)N(Cc1cccc(OC)c1)C(=O)CN1C(=O)c2cccc3cccc1c23. The van der Waals surface area contributed by atoms with E-state index in [9.17, 15) is 14.4 Å². The van der Waals surface area contributed by atoms with Crippen LogP contribution in [0.25, 0.3) is 10.8 Å². The number of nitrogens with zero attached hydrogens (tertiary/aromatic N) is 2. The maximum absolute atomic E-state index is 14.3. The van der Waals surface area contributed by atoms with Crippen LogP contribution in [0.3, 0.4) is 0 Å². The van der Waals surface area contributed by atoms with Gasteiger partial charge in [-0.3, -0.25) is 19.3 Å². The quantitative estimate of drug-likeness (QED) is 0.273. The van der Waals surface area contributed by atoms with Gasteiger partial charge in [-0.2, -0.15) is 0 Å². The summed E-state index contributed by atoms with van der Waals surface area (Å²) < 4.78 is 5.42. The van der Waals surface area contributed by atoms with E-state index in [2.05, 4.69) is 5.32 Å². The summed E-state index contributed by atoms with van der Waals surface area (Å²) in [7, 11) is 1.59. The van der Waals surface area contributed by atoms with Crippen LogP contribution >= 0.6 is 0 Å². The van der Waals surface area contributed by atoms with Crippen LogP contribution in [0.1, 0.15) is 41.8 Å². The number of anilines is 1. The van der Waals surface area contributed by atoms with Gasteiger partial charge in [0.05, 0.1) is 12.8 Å². The van der Waals surface area contributed by atoms with Crippen molar-refractivity contribution in [2.75, 3.05) is 18.6 Å². The van der Waals surface area contributed by atoms with E-state index in [0.717, 1.165) is 28.3 Å². The zero-order valence-corrected chi connectivity index (χ0v) is 23.7. The number of nitrogens with one attached hydrogen (secondary N) is 1. The van der Waals surface area contributed by atoms with Crippen LogP contribution in [0.5, 0.6) is 5.75 Å². The van der Waals surface area contributed by atoms with Crippen molar-refractivity contribution in [2.45, 2.75) is 45.3 Å². The monoisotopic (exact) mass is 549 g/mol. The summed E-state index contributed by atoms with van der Waals surface area (Å²) in [6.45, 7) is 3.96. The van der Waals surface area contributed by atoms with Gasteiger partial charge < -0.3 is 15.0 Å². The molecule has 1 aliphatic heterocycles. The lowest BCUT2D eigenvalue weighted by atomic mass is 10.0. The molecule has 4 aromatic rings. The Balaban J connectivity index is 1.52. The molecule has 0 saturated carbocycles. The normalized spacial score (nSPS) is 13.6. The molecular weight excluding hydrogens is 514 g/mol. The van der Waals surface area contributed by atoms with Crippen LogP contribution in [-0.2, 0) is 22.6 Å². The van der Waals surface area contributed by atoms with Gasteiger partial charge in [0, 0.05) is 30.0 Å². The predicted octanol–water partition coefficient (Wildman–Crippen LogP) is 5.36. The highest BCUT2D eigenvalue weighted by molar-refractivity contribution is 6.26. The molecule has 2 atom stereocenters. The molecule has 5 rings (SSSR count). The molecule has 3 amide bonds. The van der Waals surface area contributed by atoms with E-state index in [0.29, 0.717) is 23.4 Å². The molecule has 4 aromatic carbocycles. The molecule has 7 heteroatoms. The lowest BCUT2D eigenvalue weighted by Gasteiger charge is -2.33. The fourth-order valence-corrected chi connectivity index (χ4v) is 5.32. The summed E-state index contributed by atoms with van der Waals surface area (Å²) in [5.74, 6) is -0.0886. The lowest BCUT2D eigenvalue weighted by molar-refractivity contribution is -0.140. The third-order valence-electron chi connectivity index (χ3n) is 7.70. The molecule has 1 N–H and O–H groups in total.